The Bertz CT molecular complexity index is 1310. The summed E-state index contributed by atoms with van der Waals surface area (Å²) >= 11 is 6.10. The van der Waals surface area contributed by atoms with Crippen LogP contribution in [0.1, 0.15) is 17.3 Å². The second-order valence-corrected chi connectivity index (χ2v) is 10.3. The van der Waals surface area contributed by atoms with Crippen molar-refractivity contribution in [3.63, 3.8) is 0 Å². The van der Waals surface area contributed by atoms with E-state index < -0.39 is 25.0 Å². The molecule has 0 saturated heterocycles. The molecule has 186 valence electrons. The van der Waals surface area contributed by atoms with Gasteiger partial charge < -0.3 is 9.84 Å². The first-order valence-corrected chi connectivity index (χ1v) is 12.7. The van der Waals surface area contributed by atoms with Gasteiger partial charge in [-0.25, -0.2) is 0 Å². The summed E-state index contributed by atoms with van der Waals surface area (Å²) in [5.74, 6) is -0.766. The van der Waals surface area contributed by atoms with E-state index in [4.69, 9.17) is 16.1 Å². The summed E-state index contributed by atoms with van der Waals surface area (Å²) in [6.07, 6.45) is -1.81. The van der Waals surface area contributed by atoms with Gasteiger partial charge in [0.25, 0.3) is 5.91 Å². The summed E-state index contributed by atoms with van der Waals surface area (Å²) in [6, 6.07) is 21.3. The van der Waals surface area contributed by atoms with Crippen LogP contribution in [0, 0.1) is 0 Å². The van der Waals surface area contributed by atoms with Crippen LogP contribution in [-0.2, 0) is 4.57 Å². The van der Waals surface area contributed by atoms with Crippen LogP contribution >= 0.6 is 19.0 Å². The number of carbonyl (C=O) groups is 1. The third-order valence-electron chi connectivity index (χ3n) is 4.98. The molecule has 0 heterocycles. The molecule has 0 atom stereocenters. The van der Waals surface area contributed by atoms with Crippen LogP contribution in [0.3, 0.4) is 0 Å². The molecule has 0 spiro atoms. The fraction of sp³-hybridized carbons (Fsp3) is 0.0741. The first-order valence-electron chi connectivity index (χ1n) is 10.7. The van der Waals surface area contributed by atoms with Gasteiger partial charge in [-0.2, -0.15) is 13.2 Å². The Balaban J connectivity index is 1.95. The third-order valence-corrected chi connectivity index (χ3v) is 7.63. The van der Waals surface area contributed by atoms with Gasteiger partial charge in [-0.15, -0.1) is 0 Å². The summed E-state index contributed by atoms with van der Waals surface area (Å²) in [5.41, 5.74) is -1.05. The largest absolute Gasteiger partial charge is 0.436 e. The van der Waals surface area contributed by atoms with Crippen molar-refractivity contribution >= 4 is 35.5 Å². The van der Waals surface area contributed by atoms with Gasteiger partial charge in [0.1, 0.15) is 5.75 Å². The molecule has 0 bridgehead atoms. The highest BCUT2D eigenvalue weighted by molar-refractivity contribution is 7.74. The first kappa shape index (κ1) is 27.1. The Morgan fingerprint density at radius 1 is 0.972 bits per heavy atom. The molecule has 0 radical (unpaired) electrons. The van der Waals surface area contributed by atoms with E-state index in [-0.39, 0.29) is 22.0 Å². The number of halogens is 4. The third kappa shape index (κ3) is 6.56. The van der Waals surface area contributed by atoms with E-state index in [9.17, 15) is 22.5 Å². The summed E-state index contributed by atoms with van der Waals surface area (Å²) in [4.78, 5) is 13.0. The molecular formula is C27H22ClF3NO3P. The zero-order chi connectivity index (χ0) is 26.3. The SMILES string of the molecule is C=C(/C=C\C(=C/C)C(F)(F)F)NC(=O)c1cc(Cl)ccc1OP(=O)(c1ccccc1)c1ccccc1. The Labute approximate surface area is 212 Å². The molecule has 0 aliphatic rings. The first-order chi connectivity index (χ1) is 17.0. The molecule has 1 N–H and O–H groups in total. The number of rotatable bonds is 8. The number of amides is 1. The lowest BCUT2D eigenvalue weighted by Gasteiger charge is -2.22. The maximum Gasteiger partial charge on any atom is 0.416 e. The van der Waals surface area contributed by atoms with Crippen LogP contribution in [0.5, 0.6) is 5.75 Å². The number of alkyl halides is 3. The van der Waals surface area contributed by atoms with Gasteiger partial charge in [0, 0.05) is 10.7 Å². The van der Waals surface area contributed by atoms with Gasteiger partial charge in [0.2, 0.25) is 0 Å². The number of hydrogen-bond donors (Lipinski definition) is 1. The molecule has 0 saturated carbocycles. The molecule has 0 aliphatic carbocycles. The van der Waals surface area contributed by atoms with Crippen molar-refractivity contribution in [1.82, 2.24) is 5.32 Å². The number of carbonyl (C=O) groups excluding carboxylic acids is 1. The molecule has 4 nitrogen and oxygen atoms in total. The van der Waals surface area contributed by atoms with Crippen molar-refractivity contribution in [1.29, 1.82) is 0 Å². The highest BCUT2D eigenvalue weighted by Crippen LogP contribution is 2.46. The van der Waals surface area contributed by atoms with Gasteiger partial charge in [0.05, 0.1) is 21.7 Å². The van der Waals surface area contributed by atoms with E-state index in [1.54, 1.807) is 60.7 Å². The van der Waals surface area contributed by atoms with Gasteiger partial charge >= 0.3 is 13.5 Å². The maximum absolute atomic E-state index is 14.2. The molecule has 36 heavy (non-hydrogen) atoms. The molecule has 0 fully saturated rings. The molecule has 0 aromatic heterocycles. The van der Waals surface area contributed by atoms with E-state index in [1.807, 2.05) is 0 Å². The fourth-order valence-electron chi connectivity index (χ4n) is 3.20. The number of hydrogen-bond acceptors (Lipinski definition) is 3. The summed E-state index contributed by atoms with van der Waals surface area (Å²) in [6.45, 7) is 4.84. The highest BCUT2D eigenvalue weighted by atomic mass is 35.5. The molecule has 3 aromatic rings. The zero-order valence-corrected chi connectivity index (χ0v) is 20.8. The van der Waals surface area contributed by atoms with Crippen LogP contribution in [0.4, 0.5) is 13.2 Å². The molecular weight excluding hydrogens is 510 g/mol. The van der Waals surface area contributed by atoms with Gasteiger partial charge in [-0.3, -0.25) is 9.36 Å². The Kier molecular flexibility index (Phi) is 8.62. The lowest BCUT2D eigenvalue weighted by molar-refractivity contribution is -0.0883. The second-order valence-electron chi connectivity index (χ2n) is 7.51. The molecule has 3 rings (SSSR count). The van der Waals surface area contributed by atoms with Crippen molar-refractivity contribution in [2.75, 3.05) is 0 Å². The Hall–Kier alpha value is -3.54. The monoisotopic (exact) mass is 531 g/mol. The summed E-state index contributed by atoms with van der Waals surface area (Å²) < 4.78 is 59.1. The predicted molar refractivity (Wildman–Crippen MR) is 137 cm³/mol. The fourth-order valence-corrected chi connectivity index (χ4v) is 5.45. The average Bonchev–Trinajstić information content (AvgIpc) is 2.85. The standard InChI is InChI=1S/C27H22ClF3NO3P/c1-3-20(27(29,30)31)15-14-19(2)32-26(33)24-18-21(28)16-17-25(24)35-36(34,22-10-6-4-7-11-22)23-12-8-5-9-13-23/h3-18H,2H2,1H3,(H,32,33)/b15-14-,20-3+. The number of benzene rings is 3. The van der Waals surface area contributed by atoms with E-state index in [0.29, 0.717) is 10.6 Å². The van der Waals surface area contributed by atoms with Crippen molar-refractivity contribution in [2.45, 2.75) is 13.1 Å². The molecule has 9 heteroatoms. The molecule has 0 unspecified atom stereocenters. The van der Waals surface area contributed by atoms with Crippen LogP contribution < -0.4 is 20.4 Å². The normalized spacial score (nSPS) is 12.4. The number of nitrogens with one attached hydrogen (secondary N) is 1. The van der Waals surface area contributed by atoms with E-state index in [2.05, 4.69) is 11.9 Å². The van der Waals surface area contributed by atoms with Gasteiger partial charge in [0.15, 0.2) is 0 Å². The average molecular weight is 532 g/mol. The lowest BCUT2D eigenvalue weighted by Crippen LogP contribution is -2.24. The second kappa shape index (κ2) is 11.5. The topological polar surface area (TPSA) is 55.4 Å². The minimum absolute atomic E-state index is 0.0193. The van der Waals surface area contributed by atoms with E-state index in [0.717, 1.165) is 18.2 Å². The summed E-state index contributed by atoms with van der Waals surface area (Å²) in [7, 11) is -3.70. The predicted octanol–water partition coefficient (Wildman–Crippen LogP) is 6.96. The van der Waals surface area contributed by atoms with Crippen molar-refractivity contribution in [3.8, 4) is 5.75 Å². The maximum atomic E-state index is 14.2. The zero-order valence-electron chi connectivity index (χ0n) is 19.1. The smallest absolute Gasteiger partial charge is 0.416 e. The quantitative estimate of drug-likeness (QED) is 0.253. The summed E-state index contributed by atoms with van der Waals surface area (Å²) in [5, 5.41) is 3.45. The van der Waals surface area contributed by atoms with Crippen LogP contribution in [0.2, 0.25) is 5.02 Å². The highest BCUT2D eigenvalue weighted by Gasteiger charge is 2.32. The minimum Gasteiger partial charge on any atom is -0.436 e. The van der Waals surface area contributed by atoms with Crippen LogP contribution in [0.15, 0.2) is 115 Å². The molecule has 3 aromatic carbocycles. The Morgan fingerprint density at radius 3 is 2.03 bits per heavy atom. The Morgan fingerprint density at radius 2 is 1.53 bits per heavy atom. The minimum atomic E-state index is -4.54. The van der Waals surface area contributed by atoms with E-state index >= 15 is 0 Å². The number of allylic oxidation sites excluding steroid dienone is 4. The van der Waals surface area contributed by atoms with Crippen LogP contribution in [0.25, 0.3) is 0 Å². The lowest BCUT2D eigenvalue weighted by atomic mass is 10.1. The van der Waals surface area contributed by atoms with Crippen molar-refractivity contribution in [3.05, 3.63) is 126 Å². The molecule has 0 aliphatic heterocycles. The van der Waals surface area contributed by atoms with Crippen molar-refractivity contribution in [2.24, 2.45) is 0 Å². The van der Waals surface area contributed by atoms with Crippen LogP contribution in [-0.4, -0.2) is 12.1 Å². The van der Waals surface area contributed by atoms with E-state index in [1.165, 1.54) is 25.1 Å². The molecule has 1 amide bonds. The van der Waals surface area contributed by atoms with Crippen molar-refractivity contribution < 1.29 is 27.1 Å². The van der Waals surface area contributed by atoms with Gasteiger partial charge in [-0.1, -0.05) is 60.7 Å². The van der Waals surface area contributed by atoms with Gasteiger partial charge in [-0.05, 0) is 61.5 Å².